The maximum atomic E-state index is 6.48. The molecule has 1 aliphatic rings. The highest BCUT2D eigenvalue weighted by molar-refractivity contribution is 5.78. The van der Waals surface area contributed by atoms with Gasteiger partial charge in [0, 0.05) is 38.4 Å². The number of aromatic nitrogens is 2. The molecule has 1 aromatic heterocycles. The molecule has 3 N–H and O–H groups in total. The average molecular weight is 453 g/mol. The molecule has 2 heterocycles. The third-order valence-corrected chi connectivity index (χ3v) is 5.88. The summed E-state index contributed by atoms with van der Waals surface area (Å²) >= 11 is 0. The monoisotopic (exact) mass is 452 g/mol. The van der Waals surface area contributed by atoms with Crippen molar-refractivity contribution in [3.05, 3.63) is 96.8 Å². The largest absolute Gasteiger partial charge is 0.457 e. The normalized spacial score (nSPS) is 14.1. The van der Waals surface area contributed by atoms with E-state index < -0.39 is 0 Å². The molecule has 0 bridgehead atoms. The van der Waals surface area contributed by atoms with Gasteiger partial charge in [-0.1, -0.05) is 48.5 Å². The first-order chi connectivity index (χ1) is 16.7. The first kappa shape index (κ1) is 21.7. The standard InChI is InChI=1S/C27H28N6O/c28-25-26(31-22-11-13-24(14-12-22)34-23-9-5-2-6-10-23)29-20-30-27(25)33-17-15-32(16-18-33)19-21-7-3-1-4-8-21/h1-14,20H,15-19,28H2,(H,29,30,31). The fourth-order valence-corrected chi connectivity index (χ4v) is 4.06. The Balaban J connectivity index is 1.21. The summed E-state index contributed by atoms with van der Waals surface area (Å²) in [5.74, 6) is 2.95. The van der Waals surface area contributed by atoms with Gasteiger partial charge in [0.2, 0.25) is 0 Å². The molecule has 0 aliphatic carbocycles. The van der Waals surface area contributed by atoms with Crippen molar-refractivity contribution >= 4 is 23.0 Å². The molecule has 0 radical (unpaired) electrons. The van der Waals surface area contributed by atoms with Crippen LogP contribution in [-0.2, 0) is 6.54 Å². The number of ether oxygens (including phenoxy) is 1. The summed E-state index contributed by atoms with van der Waals surface area (Å²) < 4.78 is 5.86. The Kier molecular flexibility index (Phi) is 6.54. The molecule has 0 spiro atoms. The van der Waals surface area contributed by atoms with Crippen LogP contribution in [0.5, 0.6) is 11.5 Å². The summed E-state index contributed by atoms with van der Waals surface area (Å²) in [6.07, 6.45) is 1.57. The Hall–Kier alpha value is -4.10. The zero-order valence-corrected chi connectivity index (χ0v) is 19.0. The molecule has 0 saturated carbocycles. The van der Waals surface area contributed by atoms with Gasteiger partial charge in [-0.05, 0) is 42.0 Å². The van der Waals surface area contributed by atoms with Crippen LogP contribution in [-0.4, -0.2) is 41.0 Å². The van der Waals surface area contributed by atoms with Crippen molar-refractivity contribution in [1.29, 1.82) is 0 Å². The van der Waals surface area contributed by atoms with Gasteiger partial charge in [-0.15, -0.1) is 0 Å². The maximum Gasteiger partial charge on any atom is 0.159 e. The Bertz CT molecular complexity index is 1190. The number of hydrogen-bond acceptors (Lipinski definition) is 7. The van der Waals surface area contributed by atoms with Gasteiger partial charge in [-0.2, -0.15) is 0 Å². The first-order valence-electron chi connectivity index (χ1n) is 11.5. The van der Waals surface area contributed by atoms with Gasteiger partial charge in [0.05, 0.1) is 0 Å². The van der Waals surface area contributed by atoms with Crippen LogP contribution in [0.2, 0.25) is 0 Å². The van der Waals surface area contributed by atoms with Crippen LogP contribution in [0.4, 0.5) is 23.0 Å². The average Bonchev–Trinajstić information content (AvgIpc) is 2.88. The van der Waals surface area contributed by atoms with Crippen LogP contribution in [0.3, 0.4) is 0 Å². The third kappa shape index (κ3) is 5.27. The summed E-state index contributed by atoms with van der Waals surface area (Å²) in [5.41, 5.74) is 9.26. The number of nitrogens with one attached hydrogen (secondary N) is 1. The summed E-state index contributed by atoms with van der Waals surface area (Å²) in [5, 5.41) is 3.32. The summed E-state index contributed by atoms with van der Waals surface area (Å²) in [7, 11) is 0. The second-order valence-corrected chi connectivity index (χ2v) is 8.27. The van der Waals surface area contributed by atoms with E-state index in [1.54, 1.807) is 6.33 Å². The number of nitrogen functional groups attached to an aromatic ring is 1. The van der Waals surface area contributed by atoms with Crippen molar-refractivity contribution in [3.8, 4) is 11.5 Å². The zero-order chi connectivity index (χ0) is 23.2. The lowest BCUT2D eigenvalue weighted by Gasteiger charge is -2.36. The molecule has 4 aromatic rings. The van der Waals surface area contributed by atoms with Crippen molar-refractivity contribution in [2.75, 3.05) is 42.1 Å². The molecule has 0 amide bonds. The van der Waals surface area contributed by atoms with E-state index in [0.29, 0.717) is 11.5 Å². The summed E-state index contributed by atoms with van der Waals surface area (Å²) in [6, 6.07) is 28.0. The van der Waals surface area contributed by atoms with E-state index in [2.05, 4.69) is 55.4 Å². The number of para-hydroxylation sites is 1. The van der Waals surface area contributed by atoms with Gasteiger partial charge in [0.15, 0.2) is 11.6 Å². The first-order valence-corrected chi connectivity index (χ1v) is 11.5. The highest BCUT2D eigenvalue weighted by Gasteiger charge is 2.21. The topological polar surface area (TPSA) is 79.5 Å². The molecule has 172 valence electrons. The molecular formula is C27H28N6O. The minimum atomic E-state index is 0.559. The van der Waals surface area contributed by atoms with Crippen LogP contribution in [0, 0.1) is 0 Å². The van der Waals surface area contributed by atoms with E-state index in [9.17, 15) is 0 Å². The van der Waals surface area contributed by atoms with Crippen LogP contribution >= 0.6 is 0 Å². The number of rotatable bonds is 7. The molecule has 0 unspecified atom stereocenters. The van der Waals surface area contributed by atoms with Crippen molar-refractivity contribution in [2.24, 2.45) is 0 Å². The molecule has 5 rings (SSSR count). The second kappa shape index (κ2) is 10.2. The fraction of sp³-hybridized carbons (Fsp3) is 0.185. The smallest absolute Gasteiger partial charge is 0.159 e. The Morgan fingerprint density at radius 2 is 1.41 bits per heavy atom. The zero-order valence-electron chi connectivity index (χ0n) is 19.0. The van der Waals surface area contributed by atoms with Crippen molar-refractivity contribution in [3.63, 3.8) is 0 Å². The van der Waals surface area contributed by atoms with E-state index in [4.69, 9.17) is 10.5 Å². The highest BCUT2D eigenvalue weighted by Crippen LogP contribution is 2.30. The number of anilines is 4. The molecule has 1 fully saturated rings. The number of hydrogen-bond donors (Lipinski definition) is 2. The molecule has 7 nitrogen and oxygen atoms in total. The Labute approximate surface area is 199 Å². The molecule has 0 atom stereocenters. The molecule has 34 heavy (non-hydrogen) atoms. The molecule has 1 aliphatic heterocycles. The Morgan fingerprint density at radius 1 is 0.765 bits per heavy atom. The number of piperazine rings is 1. The van der Waals surface area contributed by atoms with Crippen LogP contribution in [0.1, 0.15) is 5.56 Å². The summed E-state index contributed by atoms with van der Waals surface area (Å²) in [4.78, 5) is 13.6. The number of nitrogens with two attached hydrogens (primary N) is 1. The number of nitrogens with zero attached hydrogens (tertiary/aromatic N) is 4. The van der Waals surface area contributed by atoms with Gasteiger partial charge < -0.3 is 20.7 Å². The van der Waals surface area contributed by atoms with Crippen LogP contribution < -0.4 is 20.7 Å². The maximum absolute atomic E-state index is 6.48. The highest BCUT2D eigenvalue weighted by atomic mass is 16.5. The molecule has 7 heteroatoms. The lowest BCUT2D eigenvalue weighted by atomic mass is 10.2. The predicted octanol–water partition coefficient (Wildman–Crippen LogP) is 4.92. The quantitative estimate of drug-likeness (QED) is 0.412. The third-order valence-electron chi connectivity index (χ3n) is 5.88. The second-order valence-electron chi connectivity index (χ2n) is 8.27. The summed E-state index contributed by atoms with van der Waals surface area (Å²) in [6.45, 7) is 4.64. The minimum absolute atomic E-state index is 0.559. The molecule has 1 saturated heterocycles. The van der Waals surface area contributed by atoms with E-state index in [-0.39, 0.29) is 0 Å². The van der Waals surface area contributed by atoms with Crippen LogP contribution in [0.15, 0.2) is 91.3 Å². The van der Waals surface area contributed by atoms with Gasteiger partial charge in [-0.25, -0.2) is 9.97 Å². The lowest BCUT2D eigenvalue weighted by Crippen LogP contribution is -2.46. The van der Waals surface area contributed by atoms with E-state index in [1.807, 2.05) is 54.6 Å². The minimum Gasteiger partial charge on any atom is -0.457 e. The molecular weight excluding hydrogens is 424 g/mol. The predicted molar refractivity (Wildman–Crippen MR) is 137 cm³/mol. The SMILES string of the molecule is Nc1c(Nc2ccc(Oc3ccccc3)cc2)ncnc1N1CCN(Cc2ccccc2)CC1. The lowest BCUT2D eigenvalue weighted by molar-refractivity contribution is 0.249. The van der Waals surface area contributed by atoms with E-state index in [1.165, 1.54) is 5.56 Å². The van der Waals surface area contributed by atoms with Gasteiger partial charge in [-0.3, -0.25) is 4.90 Å². The van der Waals surface area contributed by atoms with Crippen molar-refractivity contribution < 1.29 is 4.74 Å². The van der Waals surface area contributed by atoms with Crippen molar-refractivity contribution in [1.82, 2.24) is 14.9 Å². The van der Waals surface area contributed by atoms with E-state index >= 15 is 0 Å². The van der Waals surface area contributed by atoms with Gasteiger partial charge >= 0.3 is 0 Å². The van der Waals surface area contributed by atoms with Crippen LogP contribution in [0.25, 0.3) is 0 Å². The van der Waals surface area contributed by atoms with Gasteiger partial charge in [0.25, 0.3) is 0 Å². The fourth-order valence-electron chi connectivity index (χ4n) is 4.06. The number of benzene rings is 3. The molecule has 3 aromatic carbocycles. The van der Waals surface area contributed by atoms with E-state index in [0.717, 1.165) is 55.7 Å². The Morgan fingerprint density at radius 3 is 2.12 bits per heavy atom. The van der Waals surface area contributed by atoms with Gasteiger partial charge in [0.1, 0.15) is 23.5 Å². The van der Waals surface area contributed by atoms with Crippen molar-refractivity contribution in [2.45, 2.75) is 6.54 Å².